The van der Waals surface area contributed by atoms with Gasteiger partial charge in [-0.05, 0) is 73.4 Å². The third kappa shape index (κ3) is 9.57. The van der Waals surface area contributed by atoms with Crippen LogP contribution in [0.25, 0.3) is 0 Å². The van der Waals surface area contributed by atoms with E-state index in [1.165, 1.54) is 38.1 Å². The molecule has 2 bridgehead atoms. The van der Waals surface area contributed by atoms with Gasteiger partial charge < -0.3 is 43.6 Å². The first-order valence-corrected chi connectivity index (χ1v) is 23.6. The van der Waals surface area contributed by atoms with E-state index in [1.807, 2.05) is 0 Å². The Balaban J connectivity index is 1.27. The molecule has 1 saturated heterocycles. The zero-order valence-corrected chi connectivity index (χ0v) is 40.8. The number of rotatable bonds is 13. The number of fused-ring (bicyclic) bond motifs is 5. The number of nitrogens with one attached hydrogen (secondary N) is 1. The van der Waals surface area contributed by atoms with Crippen LogP contribution in [0.4, 0.5) is 10.5 Å². The Morgan fingerprint density at radius 3 is 1.95 bits per heavy atom. The van der Waals surface area contributed by atoms with Crippen LogP contribution in [-0.2, 0) is 47.6 Å². The van der Waals surface area contributed by atoms with Gasteiger partial charge in [-0.25, -0.2) is 14.4 Å². The van der Waals surface area contributed by atoms with Crippen LogP contribution in [0.1, 0.15) is 93.1 Å². The number of Topliss-reactive ketones (excluding diaryl/α,β-unsaturated/α-hetero) is 1. The average Bonchev–Trinajstić information content (AvgIpc) is 3.35. The van der Waals surface area contributed by atoms with Gasteiger partial charge in [0.2, 0.25) is 0 Å². The first kappa shape index (κ1) is 51.6. The summed E-state index contributed by atoms with van der Waals surface area (Å²) in [5.41, 5.74) is -6.42. The van der Waals surface area contributed by atoms with Crippen molar-refractivity contribution in [1.82, 2.24) is 5.32 Å². The van der Waals surface area contributed by atoms with Crippen molar-refractivity contribution in [3.05, 3.63) is 153 Å². The summed E-state index contributed by atoms with van der Waals surface area (Å²) in [7, 11) is 0. The normalized spacial score (nSPS) is 27.5. The van der Waals surface area contributed by atoms with Gasteiger partial charge in [0.05, 0.1) is 28.6 Å². The number of carbonyl (C=O) groups excluding carboxylic acids is 7. The molecule has 4 aliphatic rings. The molecule has 3 fully saturated rings. The fourth-order valence-electron chi connectivity index (χ4n) is 11.2. The van der Waals surface area contributed by atoms with Gasteiger partial charge in [-0.1, -0.05) is 80.6 Å². The summed E-state index contributed by atoms with van der Waals surface area (Å²) in [4.78, 5) is 110. The number of carbonyl (C=O) groups is 7. The lowest BCUT2D eigenvalue weighted by Gasteiger charge is -2.66. The highest BCUT2D eigenvalue weighted by Gasteiger charge is 2.76. The quantitative estimate of drug-likeness (QED) is 0.0345. The SMILES string of the molecule is CC(=O)O[C@H]1C(=O)C2(C)C(OC(=O)Oc3ccc([N+](=O)[O-])cc3)C[C@H]3OC[C@@]3(OC(C)=O)[C@H]2C[C@]2(OC(=O)c3ccccc3)CC(OC(=O)[C@H](O)[C@@H](NC(=O)c3ccccc3)c3ccccc3)C(C)=C1C2(C)C. The Labute approximate surface area is 419 Å². The Kier molecular flexibility index (Phi) is 14.2. The van der Waals surface area contributed by atoms with E-state index in [9.17, 15) is 44.0 Å². The number of nitro groups is 1. The van der Waals surface area contributed by atoms with Crippen LogP contribution in [0.2, 0.25) is 0 Å². The van der Waals surface area contributed by atoms with E-state index in [0.717, 1.165) is 19.1 Å². The number of non-ortho nitro benzene ring substituents is 1. The van der Waals surface area contributed by atoms with Gasteiger partial charge in [0.15, 0.2) is 23.6 Å². The zero-order valence-electron chi connectivity index (χ0n) is 40.8. The Morgan fingerprint density at radius 2 is 1.38 bits per heavy atom. The van der Waals surface area contributed by atoms with Crippen LogP contribution < -0.4 is 10.1 Å². The average molecular weight is 1000 g/mol. The molecule has 4 aromatic carbocycles. The fraction of sp³-hybridized carbons (Fsp3) is 0.389. The van der Waals surface area contributed by atoms with Crippen LogP contribution in [-0.4, -0.2) is 100 Å². The van der Waals surface area contributed by atoms with E-state index in [-0.39, 0.29) is 59.6 Å². The molecule has 1 amide bonds. The molecule has 19 nitrogen and oxygen atoms in total. The molecular formula is C54H54N2O17. The van der Waals surface area contributed by atoms with Crippen molar-refractivity contribution in [2.75, 3.05) is 6.61 Å². The third-order valence-electron chi connectivity index (χ3n) is 15.0. The number of hydrogen-bond donors (Lipinski definition) is 2. The second kappa shape index (κ2) is 20.0. The predicted molar refractivity (Wildman–Crippen MR) is 254 cm³/mol. The van der Waals surface area contributed by atoms with Crippen LogP contribution >= 0.6 is 0 Å². The van der Waals surface area contributed by atoms with Crippen LogP contribution in [0.3, 0.4) is 0 Å². The number of aliphatic hydroxyl groups excluding tert-OH is 1. The first-order chi connectivity index (χ1) is 34.6. The summed E-state index contributed by atoms with van der Waals surface area (Å²) >= 11 is 0. The molecular weight excluding hydrogens is 949 g/mol. The summed E-state index contributed by atoms with van der Waals surface area (Å²) < 4.78 is 42.9. The molecule has 3 aliphatic carbocycles. The highest BCUT2D eigenvalue weighted by molar-refractivity contribution is 5.96. The minimum absolute atomic E-state index is 0.0597. The van der Waals surface area contributed by atoms with Crippen molar-refractivity contribution in [3.63, 3.8) is 0 Å². The maximum atomic E-state index is 16.0. The standard InChI is InChI=1S/C54H54N2O17/c1-30-38(70-49(63)44(59)43(33-16-10-7-11-17-33)55-47(61)34-18-12-8-13-19-34)27-53(73-48(62)35-20-14-9-15-21-35)28-39-52(6,46(60)45(68-31(2)57)42(30)51(53,4)5)40(26-41-54(39,29-67-41)72-32(3)58)71-50(64)69-37-24-22-36(23-25-37)56(65)66/h7-25,38-41,43-45,59H,26-29H2,1-6H3,(H,55,61)/t38?,39-,40?,41+,43-,44+,45+,52?,53+,54+/m0/s1. The third-order valence-corrected chi connectivity index (χ3v) is 15.0. The first-order valence-electron chi connectivity index (χ1n) is 23.6. The topological polar surface area (TPSA) is 259 Å². The van der Waals surface area contributed by atoms with E-state index >= 15 is 4.79 Å². The molecule has 382 valence electrons. The summed E-state index contributed by atoms with van der Waals surface area (Å²) in [5, 5.41) is 26.0. The van der Waals surface area contributed by atoms with Crippen molar-refractivity contribution in [3.8, 4) is 5.75 Å². The number of ketones is 1. The Hall–Kier alpha value is -7.77. The number of esters is 4. The molecule has 0 spiro atoms. The van der Waals surface area contributed by atoms with Gasteiger partial charge in [0.25, 0.3) is 11.6 Å². The van der Waals surface area contributed by atoms with E-state index in [0.29, 0.717) is 5.56 Å². The molecule has 0 radical (unpaired) electrons. The van der Waals surface area contributed by atoms with Gasteiger partial charge in [-0.3, -0.25) is 29.3 Å². The summed E-state index contributed by atoms with van der Waals surface area (Å²) in [6.45, 7) is 8.36. The van der Waals surface area contributed by atoms with Crippen LogP contribution in [0.15, 0.2) is 126 Å². The second-order valence-corrected chi connectivity index (χ2v) is 19.5. The lowest BCUT2D eigenvalue weighted by molar-refractivity contribution is -0.384. The van der Waals surface area contributed by atoms with Crippen molar-refractivity contribution >= 4 is 47.4 Å². The van der Waals surface area contributed by atoms with Crippen molar-refractivity contribution in [2.24, 2.45) is 16.7 Å². The smallest absolute Gasteiger partial charge is 0.456 e. The molecule has 2 saturated carbocycles. The lowest BCUT2D eigenvalue weighted by Crippen LogP contribution is -2.78. The highest BCUT2D eigenvalue weighted by Crippen LogP contribution is 2.65. The number of hydrogen-bond acceptors (Lipinski definition) is 17. The monoisotopic (exact) mass is 1000 g/mol. The number of amides is 1. The molecule has 19 heteroatoms. The fourth-order valence-corrected chi connectivity index (χ4v) is 11.2. The molecule has 3 unspecified atom stereocenters. The number of benzene rings is 4. The second-order valence-electron chi connectivity index (χ2n) is 19.5. The Morgan fingerprint density at radius 1 is 0.781 bits per heavy atom. The summed E-state index contributed by atoms with van der Waals surface area (Å²) in [5.74, 6) is -6.62. The molecule has 10 atom stereocenters. The number of nitro benzene ring substituents is 1. The summed E-state index contributed by atoms with van der Waals surface area (Å²) in [6.07, 6.45) is -10.2. The van der Waals surface area contributed by atoms with Crippen LogP contribution in [0.5, 0.6) is 5.75 Å². The van der Waals surface area contributed by atoms with Gasteiger partial charge in [-0.2, -0.15) is 0 Å². The van der Waals surface area contributed by atoms with Crippen molar-refractivity contribution < 1.29 is 76.7 Å². The molecule has 2 N–H and O–H groups in total. The summed E-state index contributed by atoms with van der Waals surface area (Å²) in [6, 6.07) is 27.6. The highest BCUT2D eigenvalue weighted by atomic mass is 16.7. The van der Waals surface area contributed by atoms with E-state index in [1.54, 1.807) is 99.6 Å². The Bertz CT molecular complexity index is 2860. The van der Waals surface area contributed by atoms with E-state index < -0.39 is 111 Å². The lowest BCUT2D eigenvalue weighted by atomic mass is 9.45. The zero-order chi connectivity index (χ0) is 52.6. The van der Waals surface area contributed by atoms with Crippen molar-refractivity contribution in [1.29, 1.82) is 0 Å². The molecule has 4 aromatic rings. The molecule has 8 rings (SSSR count). The molecule has 1 heterocycles. The molecule has 73 heavy (non-hydrogen) atoms. The molecule has 0 aromatic heterocycles. The number of aliphatic hydroxyl groups is 1. The maximum Gasteiger partial charge on any atom is 0.514 e. The maximum absolute atomic E-state index is 16.0. The van der Waals surface area contributed by atoms with Crippen molar-refractivity contribution in [2.45, 2.75) is 109 Å². The van der Waals surface area contributed by atoms with Gasteiger partial charge in [0, 0.05) is 55.7 Å². The molecule has 1 aliphatic heterocycles. The number of nitrogens with zero attached hydrogens (tertiary/aromatic N) is 1. The van der Waals surface area contributed by atoms with Crippen LogP contribution in [0, 0.1) is 26.9 Å². The predicted octanol–water partition coefficient (Wildman–Crippen LogP) is 6.90. The van der Waals surface area contributed by atoms with Gasteiger partial charge in [-0.15, -0.1) is 0 Å². The minimum atomic E-state index is -2.05. The van der Waals surface area contributed by atoms with E-state index in [2.05, 4.69) is 5.32 Å². The van der Waals surface area contributed by atoms with Gasteiger partial charge >= 0.3 is 30.0 Å². The minimum Gasteiger partial charge on any atom is -0.456 e. The van der Waals surface area contributed by atoms with E-state index in [4.69, 9.17) is 33.2 Å². The van der Waals surface area contributed by atoms with Gasteiger partial charge in [0.1, 0.15) is 29.7 Å². The largest absolute Gasteiger partial charge is 0.514 e. The number of ether oxygens (including phenoxy) is 7.